The van der Waals surface area contributed by atoms with Crippen molar-refractivity contribution in [1.29, 1.82) is 0 Å². The summed E-state index contributed by atoms with van der Waals surface area (Å²) in [6.07, 6.45) is 4.22. The lowest BCUT2D eigenvalue weighted by molar-refractivity contribution is -0.0329. The minimum Gasteiger partial charge on any atom is -0.375 e. The second kappa shape index (κ2) is 3.24. The van der Waals surface area contributed by atoms with Crippen molar-refractivity contribution >= 4 is 5.84 Å². The summed E-state index contributed by atoms with van der Waals surface area (Å²) in [5.41, 5.74) is 2.34. The minimum atomic E-state index is -0.0913. The predicted octanol–water partition coefficient (Wildman–Crippen LogP) is 1.63. The van der Waals surface area contributed by atoms with E-state index >= 15 is 0 Å². The second-order valence-corrected chi connectivity index (χ2v) is 3.75. The van der Waals surface area contributed by atoms with Gasteiger partial charge in [0.1, 0.15) is 5.54 Å². The monoisotopic (exact) mass is 192 g/mol. The molecule has 1 fully saturated rings. The zero-order valence-corrected chi connectivity index (χ0v) is 8.92. The van der Waals surface area contributed by atoms with Gasteiger partial charge in [-0.25, -0.2) is 0 Å². The maximum Gasteiger partial charge on any atom is 0.136 e. The molecule has 0 atom stereocenters. The molecule has 0 radical (unpaired) electrons. The van der Waals surface area contributed by atoms with Crippen LogP contribution >= 0.6 is 0 Å². The number of amidine groups is 1. The fourth-order valence-electron chi connectivity index (χ4n) is 2.09. The summed E-state index contributed by atoms with van der Waals surface area (Å²) < 4.78 is 5.29. The number of aliphatic imine (C=N–C) groups is 1. The van der Waals surface area contributed by atoms with Crippen LogP contribution in [0.25, 0.3) is 0 Å². The van der Waals surface area contributed by atoms with Crippen molar-refractivity contribution in [2.45, 2.75) is 26.3 Å². The molecule has 2 heterocycles. The molecule has 2 aliphatic heterocycles. The highest BCUT2D eigenvalue weighted by molar-refractivity contribution is 5.85. The van der Waals surface area contributed by atoms with Crippen molar-refractivity contribution < 1.29 is 4.74 Å². The molecule has 0 saturated carbocycles. The summed E-state index contributed by atoms with van der Waals surface area (Å²) in [7, 11) is 0. The highest BCUT2D eigenvalue weighted by Crippen LogP contribution is 2.36. The van der Waals surface area contributed by atoms with E-state index in [-0.39, 0.29) is 5.54 Å². The van der Waals surface area contributed by atoms with Gasteiger partial charge in [-0.1, -0.05) is 12.2 Å². The molecule has 1 spiro atoms. The van der Waals surface area contributed by atoms with Crippen LogP contribution in [0, 0.1) is 0 Å². The molecule has 3 heteroatoms. The lowest BCUT2D eigenvalue weighted by Crippen LogP contribution is -2.54. The van der Waals surface area contributed by atoms with Crippen LogP contribution < -0.4 is 5.32 Å². The largest absolute Gasteiger partial charge is 0.375 e. The summed E-state index contributed by atoms with van der Waals surface area (Å²) in [5, 5.41) is 3.28. The summed E-state index contributed by atoms with van der Waals surface area (Å²) in [6, 6.07) is 0. The average Bonchev–Trinajstić information content (AvgIpc) is 2.13. The Hall–Kier alpha value is -1.09. The van der Waals surface area contributed by atoms with Crippen molar-refractivity contribution in [2.24, 2.45) is 4.99 Å². The van der Waals surface area contributed by atoms with Crippen molar-refractivity contribution in [3.63, 3.8) is 0 Å². The van der Waals surface area contributed by atoms with Gasteiger partial charge in [0.05, 0.1) is 19.0 Å². The molecule has 2 rings (SSSR count). The van der Waals surface area contributed by atoms with Crippen LogP contribution in [0.4, 0.5) is 0 Å². The van der Waals surface area contributed by atoms with Crippen LogP contribution in [-0.4, -0.2) is 24.6 Å². The van der Waals surface area contributed by atoms with Gasteiger partial charge in [-0.3, -0.25) is 4.99 Å². The molecule has 0 aromatic heterocycles. The Bertz CT molecular complexity index is 335. The molecule has 2 aliphatic rings. The third-order valence-electron chi connectivity index (χ3n) is 2.75. The topological polar surface area (TPSA) is 33.6 Å². The van der Waals surface area contributed by atoms with Crippen LogP contribution in [0.3, 0.4) is 0 Å². The van der Waals surface area contributed by atoms with Gasteiger partial charge < -0.3 is 10.1 Å². The van der Waals surface area contributed by atoms with Gasteiger partial charge in [-0.15, -0.1) is 0 Å². The molecule has 0 amide bonds. The molecule has 1 saturated heterocycles. The van der Waals surface area contributed by atoms with Gasteiger partial charge in [-0.05, 0) is 20.8 Å². The predicted molar refractivity (Wildman–Crippen MR) is 57.3 cm³/mol. The minimum absolute atomic E-state index is 0.0913. The standard InChI is InChI=1S/C11H16N2O/c1-4-9-10(5-2)12-8(3)13-11(9)6-14-7-11/h4-5H,6-7H2,1-3H3,(H,12,13)/b9-4+,10-5+. The Kier molecular flexibility index (Phi) is 2.19. The van der Waals surface area contributed by atoms with Gasteiger partial charge in [0.15, 0.2) is 0 Å². The maximum absolute atomic E-state index is 5.29. The molecule has 0 aliphatic carbocycles. The van der Waals surface area contributed by atoms with Gasteiger partial charge in [-0.2, -0.15) is 0 Å². The molecule has 0 bridgehead atoms. The van der Waals surface area contributed by atoms with Crippen LogP contribution in [0.5, 0.6) is 0 Å². The first-order valence-corrected chi connectivity index (χ1v) is 4.96. The summed E-state index contributed by atoms with van der Waals surface area (Å²) in [6.45, 7) is 7.51. The molecule has 3 nitrogen and oxygen atoms in total. The van der Waals surface area contributed by atoms with E-state index in [0.29, 0.717) is 13.2 Å². The smallest absolute Gasteiger partial charge is 0.136 e. The molecule has 0 unspecified atom stereocenters. The van der Waals surface area contributed by atoms with Gasteiger partial charge in [0.2, 0.25) is 0 Å². The first-order chi connectivity index (χ1) is 6.72. The summed E-state index contributed by atoms with van der Waals surface area (Å²) >= 11 is 0. The molecular weight excluding hydrogens is 176 g/mol. The summed E-state index contributed by atoms with van der Waals surface area (Å²) in [4.78, 5) is 4.64. The van der Waals surface area contributed by atoms with Gasteiger partial charge >= 0.3 is 0 Å². The Morgan fingerprint density at radius 1 is 1.36 bits per heavy atom. The molecule has 76 valence electrons. The number of nitrogens with one attached hydrogen (secondary N) is 1. The van der Waals surface area contributed by atoms with Crippen molar-refractivity contribution in [2.75, 3.05) is 13.2 Å². The van der Waals surface area contributed by atoms with Gasteiger partial charge in [0, 0.05) is 11.3 Å². The number of hydrogen-bond donors (Lipinski definition) is 1. The summed E-state index contributed by atoms with van der Waals surface area (Å²) in [5.74, 6) is 0.979. The zero-order valence-electron chi connectivity index (χ0n) is 8.92. The molecule has 1 N–H and O–H groups in total. The van der Waals surface area contributed by atoms with E-state index in [9.17, 15) is 0 Å². The number of allylic oxidation sites excluding steroid dienone is 2. The van der Waals surface area contributed by atoms with Crippen LogP contribution in [-0.2, 0) is 4.74 Å². The number of ether oxygens (including phenoxy) is 1. The molecule has 0 aromatic rings. The second-order valence-electron chi connectivity index (χ2n) is 3.75. The van der Waals surface area contributed by atoms with E-state index in [4.69, 9.17) is 4.74 Å². The van der Waals surface area contributed by atoms with Crippen molar-refractivity contribution in [3.8, 4) is 0 Å². The lowest BCUT2D eigenvalue weighted by Gasteiger charge is -2.44. The third kappa shape index (κ3) is 1.20. The van der Waals surface area contributed by atoms with Crippen LogP contribution in [0.15, 0.2) is 28.4 Å². The zero-order chi connectivity index (χ0) is 10.2. The number of nitrogens with zero attached hydrogens (tertiary/aromatic N) is 1. The quantitative estimate of drug-likeness (QED) is 0.633. The highest BCUT2D eigenvalue weighted by atomic mass is 16.5. The van der Waals surface area contributed by atoms with Crippen molar-refractivity contribution in [3.05, 3.63) is 23.4 Å². The molecule has 14 heavy (non-hydrogen) atoms. The van der Waals surface area contributed by atoms with Gasteiger partial charge in [0.25, 0.3) is 0 Å². The average molecular weight is 192 g/mol. The number of hydrogen-bond acceptors (Lipinski definition) is 3. The first kappa shape index (κ1) is 9.46. The fraction of sp³-hybridized carbons (Fsp3) is 0.545. The van der Waals surface area contributed by atoms with E-state index in [1.807, 2.05) is 13.8 Å². The van der Waals surface area contributed by atoms with E-state index < -0.39 is 0 Å². The van der Waals surface area contributed by atoms with E-state index in [1.165, 1.54) is 11.3 Å². The Morgan fingerprint density at radius 3 is 2.50 bits per heavy atom. The van der Waals surface area contributed by atoms with E-state index in [2.05, 4.69) is 29.4 Å². The third-order valence-corrected chi connectivity index (χ3v) is 2.75. The molecular formula is C11H16N2O. The van der Waals surface area contributed by atoms with E-state index in [0.717, 1.165) is 5.84 Å². The van der Waals surface area contributed by atoms with Crippen molar-refractivity contribution in [1.82, 2.24) is 5.32 Å². The maximum atomic E-state index is 5.29. The number of rotatable bonds is 0. The highest BCUT2D eigenvalue weighted by Gasteiger charge is 2.45. The Balaban J connectivity index is 2.44. The SMILES string of the molecule is C/C=C1/NC(C)=NC2(COC2)/C1=C/C. The molecule has 0 aromatic carbocycles. The lowest BCUT2D eigenvalue weighted by atomic mass is 9.84. The van der Waals surface area contributed by atoms with E-state index in [1.54, 1.807) is 0 Å². The first-order valence-electron chi connectivity index (χ1n) is 4.96. The van der Waals surface area contributed by atoms with Crippen LogP contribution in [0.1, 0.15) is 20.8 Å². The normalized spacial score (nSPS) is 30.1. The Labute approximate surface area is 84.6 Å². The fourth-order valence-corrected chi connectivity index (χ4v) is 2.09. The van der Waals surface area contributed by atoms with Crippen LogP contribution in [0.2, 0.25) is 0 Å². The Morgan fingerprint density at radius 2 is 2.07 bits per heavy atom.